The summed E-state index contributed by atoms with van der Waals surface area (Å²) in [4.78, 5) is 3.38. The summed E-state index contributed by atoms with van der Waals surface area (Å²) in [7, 11) is 0. The number of alkyl halides is 3. The molecule has 2 heterocycles. The highest BCUT2D eigenvalue weighted by Crippen LogP contribution is 2.49. The third kappa shape index (κ3) is 1.92. The second-order valence-corrected chi connectivity index (χ2v) is 5.10. The van der Waals surface area contributed by atoms with Crippen molar-refractivity contribution in [3.63, 3.8) is 0 Å². The molecular formula is C10H12F3N3O. The van der Waals surface area contributed by atoms with Crippen LogP contribution in [-0.4, -0.2) is 23.2 Å². The van der Waals surface area contributed by atoms with Crippen LogP contribution < -0.4 is 5.32 Å². The maximum Gasteiger partial charge on any atom is 0.471 e. The summed E-state index contributed by atoms with van der Waals surface area (Å²) in [5.74, 6) is -0.674. The summed E-state index contributed by atoms with van der Waals surface area (Å²) in [5.41, 5.74) is 0.418. The van der Waals surface area contributed by atoms with E-state index in [1.807, 2.05) is 0 Å². The Balaban J connectivity index is 1.57. The van der Waals surface area contributed by atoms with Crippen LogP contribution in [0.5, 0.6) is 0 Å². The van der Waals surface area contributed by atoms with Gasteiger partial charge >= 0.3 is 12.1 Å². The number of rotatable bonds is 2. The second-order valence-electron chi connectivity index (χ2n) is 5.10. The molecule has 0 aromatic carbocycles. The summed E-state index contributed by atoms with van der Waals surface area (Å²) in [5, 5.41) is 6.59. The molecule has 1 aliphatic carbocycles. The van der Waals surface area contributed by atoms with Crippen molar-refractivity contribution in [1.82, 2.24) is 15.5 Å². The first-order valence-corrected chi connectivity index (χ1v) is 5.57. The van der Waals surface area contributed by atoms with Gasteiger partial charge in [-0.1, -0.05) is 5.16 Å². The van der Waals surface area contributed by atoms with E-state index in [-0.39, 0.29) is 5.82 Å². The Bertz CT molecular complexity index is 417. The van der Waals surface area contributed by atoms with Crippen molar-refractivity contribution in [2.24, 2.45) is 11.3 Å². The minimum Gasteiger partial charge on any atom is -0.329 e. The SMILES string of the molecule is FC(F)(F)c1nc(CC2CC3(CNC3)C2)no1. The van der Waals surface area contributed by atoms with Crippen molar-refractivity contribution in [2.75, 3.05) is 13.1 Å². The van der Waals surface area contributed by atoms with Gasteiger partial charge in [0.25, 0.3) is 0 Å². The average molecular weight is 247 g/mol. The lowest BCUT2D eigenvalue weighted by Crippen LogP contribution is -2.60. The zero-order valence-corrected chi connectivity index (χ0v) is 9.05. The van der Waals surface area contributed by atoms with E-state index in [1.165, 1.54) is 0 Å². The normalized spacial score (nSPS) is 23.5. The number of nitrogens with zero attached hydrogens (tertiary/aromatic N) is 2. The molecule has 2 fully saturated rings. The van der Waals surface area contributed by atoms with Gasteiger partial charge in [-0.15, -0.1) is 0 Å². The van der Waals surface area contributed by atoms with Crippen molar-refractivity contribution < 1.29 is 17.7 Å². The van der Waals surface area contributed by atoms with Crippen LogP contribution in [-0.2, 0) is 12.6 Å². The molecule has 1 N–H and O–H groups in total. The molecule has 3 rings (SSSR count). The van der Waals surface area contributed by atoms with E-state index in [9.17, 15) is 13.2 Å². The average Bonchev–Trinajstić information content (AvgIpc) is 2.54. The van der Waals surface area contributed by atoms with Crippen LogP contribution in [0.25, 0.3) is 0 Å². The Morgan fingerprint density at radius 2 is 2.06 bits per heavy atom. The van der Waals surface area contributed by atoms with E-state index in [4.69, 9.17) is 0 Å². The molecule has 1 spiro atoms. The van der Waals surface area contributed by atoms with Gasteiger partial charge < -0.3 is 9.84 Å². The molecule has 1 aromatic rings. The van der Waals surface area contributed by atoms with Gasteiger partial charge in [0.2, 0.25) is 0 Å². The van der Waals surface area contributed by atoms with Gasteiger partial charge in [-0.25, -0.2) is 0 Å². The Morgan fingerprint density at radius 1 is 1.35 bits per heavy atom. The standard InChI is InChI=1S/C10H12F3N3O/c11-10(12,13)8-15-7(16-17-8)1-6-2-9(3-6)4-14-5-9/h6,14H,1-5H2. The van der Waals surface area contributed by atoms with Crippen molar-refractivity contribution >= 4 is 0 Å². The molecule has 0 bridgehead atoms. The van der Waals surface area contributed by atoms with Gasteiger partial charge in [0.15, 0.2) is 5.82 Å². The summed E-state index contributed by atoms with van der Waals surface area (Å²) >= 11 is 0. The van der Waals surface area contributed by atoms with Crippen LogP contribution in [0.15, 0.2) is 4.52 Å². The summed E-state index contributed by atoms with van der Waals surface area (Å²) < 4.78 is 40.8. The smallest absolute Gasteiger partial charge is 0.329 e. The highest BCUT2D eigenvalue weighted by atomic mass is 19.4. The predicted molar refractivity (Wildman–Crippen MR) is 51.0 cm³/mol. The van der Waals surface area contributed by atoms with Gasteiger partial charge in [0.05, 0.1) is 0 Å². The Kier molecular flexibility index (Phi) is 2.23. The van der Waals surface area contributed by atoms with Crippen molar-refractivity contribution in [3.05, 3.63) is 11.7 Å². The zero-order valence-electron chi connectivity index (χ0n) is 9.05. The van der Waals surface area contributed by atoms with Gasteiger partial charge in [-0.2, -0.15) is 18.2 Å². The monoisotopic (exact) mass is 247 g/mol. The zero-order chi connectivity index (χ0) is 12.1. The summed E-state index contributed by atoms with van der Waals surface area (Å²) in [6.07, 6.45) is -1.95. The molecule has 17 heavy (non-hydrogen) atoms. The molecule has 1 saturated heterocycles. The lowest BCUT2D eigenvalue weighted by Gasteiger charge is -2.54. The number of halogens is 3. The number of hydrogen-bond acceptors (Lipinski definition) is 4. The van der Waals surface area contributed by atoms with E-state index in [2.05, 4.69) is 20.0 Å². The first kappa shape index (κ1) is 11.0. The third-order valence-corrected chi connectivity index (χ3v) is 3.63. The fourth-order valence-corrected chi connectivity index (χ4v) is 2.79. The first-order chi connectivity index (χ1) is 7.97. The molecule has 0 radical (unpaired) electrons. The van der Waals surface area contributed by atoms with Gasteiger partial charge in [0, 0.05) is 19.5 Å². The first-order valence-electron chi connectivity index (χ1n) is 5.57. The van der Waals surface area contributed by atoms with E-state index < -0.39 is 12.1 Å². The van der Waals surface area contributed by atoms with E-state index >= 15 is 0 Å². The second kappa shape index (κ2) is 3.44. The molecule has 4 nitrogen and oxygen atoms in total. The number of aromatic nitrogens is 2. The summed E-state index contributed by atoms with van der Waals surface area (Å²) in [6, 6.07) is 0. The Labute approximate surface area is 95.6 Å². The Hall–Kier alpha value is -1.11. The highest BCUT2D eigenvalue weighted by molar-refractivity contribution is 5.05. The topological polar surface area (TPSA) is 51.0 Å². The molecule has 1 aliphatic heterocycles. The van der Waals surface area contributed by atoms with Crippen LogP contribution in [0.4, 0.5) is 13.2 Å². The maximum absolute atomic E-state index is 12.2. The third-order valence-electron chi connectivity index (χ3n) is 3.63. The highest BCUT2D eigenvalue weighted by Gasteiger charge is 2.48. The van der Waals surface area contributed by atoms with Gasteiger partial charge in [-0.3, -0.25) is 0 Å². The minimum absolute atomic E-state index is 0.171. The molecular weight excluding hydrogens is 235 g/mol. The molecule has 7 heteroatoms. The lowest BCUT2D eigenvalue weighted by atomic mass is 9.58. The lowest BCUT2D eigenvalue weighted by molar-refractivity contribution is -0.159. The fraction of sp³-hybridized carbons (Fsp3) is 0.800. The molecule has 0 atom stereocenters. The fourth-order valence-electron chi connectivity index (χ4n) is 2.79. The van der Waals surface area contributed by atoms with Crippen molar-refractivity contribution in [3.8, 4) is 0 Å². The predicted octanol–water partition coefficient (Wildman–Crippen LogP) is 1.63. The largest absolute Gasteiger partial charge is 0.471 e. The molecule has 94 valence electrons. The van der Waals surface area contributed by atoms with Crippen LogP contribution in [0.3, 0.4) is 0 Å². The maximum atomic E-state index is 12.2. The number of hydrogen-bond donors (Lipinski definition) is 1. The van der Waals surface area contributed by atoms with E-state index in [0.717, 1.165) is 25.9 Å². The molecule has 0 unspecified atom stereocenters. The van der Waals surface area contributed by atoms with Crippen LogP contribution in [0, 0.1) is 11.3 Å². The Morgan fingerprint density at radius 3 is 2.53 bits per heavy atom. The molecule has 1 saturated carbocycles. The number of nitrogens with one attached hydrogen (secondary N) is 1. The summed E-state index contributed by atoms with van der Waals surface area (Å²) in [6.45, 7) is 2.06. The van der Waals surface area contributed by atoms with Crippen molar-refractivity contribution in [1.29, 1.82) is 0 Å². The van der Waals surface area contributed by atoms with E-state index in [1.54, 1.807) is 0 Å². The minimum atomic E-state index is -4.54. The van der Waals surface area contributed by atoms with Crippen LogP contribution in [0.1, 0.15) is 24.6 Å². The van der Waals surface area contributed by atoms with Gasteiger partial charge in [-0.05, 0) is 24.2 Å². The van der Waals surface area contributed by atoms with Gasteiger partial charge in [0.1, 0.15) is 0 Å². The van der Waals surface area contributed by atoms with Crippen molar-refractivity contribution in [2.45, 2.75) is 25.4 Å². The molecule has 1 aromatic heterocycles. The van der Waals surface area contributed by atoms with Crippen LogP contribution >= 0.6 is 0 Å². The molecule has 2 aliphatic rings. The quantitative estimate of drug-likeness (QED) is 0.863. The van der Waals surface area contributed by atoms with E-state index in [0.29, 0.717) is 17.8 Å². The molecule has 0 amide bonds. The van der Waals surface area contributed by atoms with Crippen LogP contribution in [0.2, 0.25) is 0 Å².